The van der Waals surface area contributed by atoms with Gasteiger partial charge in [0.1, 0.15) is 0 Å². The van der Waals surface area contributed by atoms with E-state index >= 15 is 0 Å². The molecule has 1 atom stereocenters. The molecule has 0 aliphatic carbocycles. The van der Waals surface area contributed by atoms with Crippen LogP contribution in [0.15, 0.2) is 0 Å². The zero-order valence-corrected chi connectivity index (χ0v) is 10.7. The molecule has 0 aromatic heterocycles. The molecule has 15 heavy (non-hydrogen) atoms. The van der Waals surface area contributed by atoms with Crippen LogP contribution in [-0.2, 0) is 9.47 Å². The quantitative estimate of drug-likeness (QED) is 0.569. The average molecular weight is 217 g/mol. The van der Waals surface area contributed by atoms with Crippen LogP contribution in [0.5, 0.6) is 0 Å². The number of ether oxygens (including phenoxy) is 2. The Morgan fingerprint density at radius 3 is 2.53 bits per heavy atom. The maximum Gasteiger partial charge on any atom is 0.0623 e. The lowest BCUT2D eigenvalue weighted by Crippen LogP contribution is -2.35. The number of hydrogen-bond acceptors (Lipinski definition) is 3. The summed E-state index contributed by atoms with van der Waals surface area (Å²) in [6.07, 6.45) is 3.71. The second-order valence-corrected chi connectivity index (χ2v) is 4.17. The molecule has 0 bridgehead atoms. The number of hydrogen-bond donors (Lipinski definition) is 1. The highest BCUT2D eigenvalue weighted by Crippen LogP contribution is 2.01. The van der Waals surface area contributed by atoms with E-state index in [-0.39, 0.29) is 0 Å². The predicted molar refractivity (Wildman–Crippen MR) is 64.3 cm³/mol. The van der Waals surface area contributed by atoms with Crippen molar-refractivity contribution < 1.29 is 9.47 Å². The van der Waals surface area contributed by atoms with Crippen LogP contribution in [0.1, 0.15) is 40.0 Å². The number of nitrogens with one attached hydrogen (secondary N) is 1. The van der Waals surface area contributed by atoms with E-state index in [1.165, 1.54) is 6.42 Å². The van der Waals surface area contributed by atoms with E-state index in [1.54, 1.807) is 7.11 Å². The lowest BCUT2D eigenvalue weighted by Gasteiger charge is -2.19. The van der Waals surface area contributed by atoms with E-state index in [4.69, 9.17) is 9.47 Å². The first kappa shape index (κ1) is 14.9. The number of rotatable bonds is 10. The standard InChI is InChI=1S/C12H27NO2/c1-5-8-13-12(7-6-9-14-4)10-15-11(2)3/h11-13H,5-10H2,1-4H3. The zero-order chi connectivity index (χ0) is 11.5. The van der Waals surface area contributed by atoms with Crippen molar-refractivity contribution >= 4 is 0 Å². The fraction of sp³-hybridized carbons (Fsp3) is 1.00. The van der Waals surface area contributed by atoms with Gasteiger partial charge in [0.05, 0.1) is 12.7 Å². The van der Waals surface area contributed by atoms with Gasteiger partial charge in [0.25, 0.3) is 0 Å². The minimum Gasteiger partial charge on any atom is -0.385 e. The molecule has 1 N–H and O–H groups in total. The summed E-state index contributed by atoms with van der Waals surface area (Å²) < 4.78 is 10.7. The SMILES string of the molecule is CCCNC(CCCOC)COC(C)C. The molecule has 3 nitrogen and oxygen atoms in total. The Labute approximate surface area is 94.5 Å². The topological polar surface area (TPSA) is 30.5 Å². The van der Waals surface area contributed by atoms with Crippen molar-refractivity contribution in [2.24, 2.45) is 0 Å². The van der Waals surface area contributed by atoms with Gasteiger partial charge in [-0.2, -0.15) is 0 Å². The largest absolute Gasteiger partial charge is 0.385 e. The van der Waals surface area contributed by atoms with E-state index < -0.39 is 0 Å². The van der Waals surface area contributed by atoms with Crippen molar-refractivity contribution in [3.8, 4) is 0 Å². The van der Waals surface area contributed by atoms with E-state index in [1.807, 2.05) is 0 Å². The Morgan fingerprint density at radius 1 is 1.27 bits per heavy atom. The van der Waals surface area contributed by atoms with Crippen molar-refractivity contribution in [1.29, 1.82) is 0 Å². The fourth-order valence-electron chi connectivity index (χ4n) is 1.38. The Balaban J connectivity index is 3.63. The van der Waals surface area contributed by atoms with Crippen LogP contribution in [0, 0.1) is 0 Å². The molecular weight excluding hydrogens is 190 g/mol. The Kier molecular flexibility index (Phi) is 10.3. The molecule has 0 saturated heterocycles. The molecule has 0 fully saturated rings. The molecule has 0 rings (SSSR count). The molecule has 0 aliphatic heterocycles. The molecule has 0 aromatic rings. The smallest absolute Gasteiger partial charge is 0.0623 e. The van der Waals surface area contributed by atoms with Crippen LogP contribution in [0.4, 0.5) is 0 Å². The Morgan fingerprint density at radius 2 is 2.00 bits per heavy atom. The van der Waals surface area contributed by atoms with E-state index in [0.29, 0.717) is 12.1 Å². The van der Waals surface area contributed by atoms with Crippen molar-refractivity contribution in [1.82, 2.24) is 5.32 Å². The van der Waals surface area contributed by atoms with E-state index in [9.17, 15) is 0 Å². The first-order valence-corrected chi connectivity index (χ1v) is 6.04. The molecular formula is C12H27NO2. The maximum atomic E-state index is 5.63. The monoisotopic (exact) mass is 217 g/mol. The van der Waals surface area contributed by atoms with Crippen LogP contribution in [-0.4, -0.2) is 39.0 Å². The summed E-state index contributed by atoms with van der Waals surface area (Å²) in [6, 6.07) is 0.475. The van der Waals surface area contributed by atoms with Gasteiger partial charge >= 0.3 is 0 Å². The van der Waals surface area contributed by atoms with Gasteiger partial charge < -0.3 is 14.8 Å². The molecule has 0 saturated carbocycles. The van der Waals surface area contributed by atoms with Gasteiger partial charge in [-0.1, -0.05) is 6.92 Å². The second-order valence-electron chi connectivity index (χ2n) is 4.17. The molecule has 0 aromatic carbocycles. The predicted octanol–water partition coefficient (Wildman–Crippen LogP) is 2.21. The summed E-state index contributed by atoms with van der Waals surface area (Å²) in [6.45, 7) is 9.05. The van der Waals surface area contributed by atoms with E-state index in [0.717, 1.165) is 32.6 Å². The minimum absolute atomic E-state index is 0.318. The molecule has 0 aliphatic rings. The summed E-state index contributed by atoms with van der Waals surface area (Å²) in [5, 5.41) is 3.50. The highest BCUT2D eigenvalue weighted by Gasteiger charge is 2.08. The zero-order valence-electron chi connectivity index (χ0n) is 10.7. The van der Waals surface area contributed by atoms with Crippen LogP contribution >= 0.6 is 0 Å². The molecule has 0 spiro atoms. The van der Waals surface area contributed by atoms with Gasteiger partial charge in [0.15, 0.2) is 0 Å². The van der Waals surface area contributed by atoms with Gasteiger partial charge in [0, 0.05) is 19.8 Å². The molecule has 0 amide bonds. The minimum atomic E-state index is 0.318. The second kappa shape index (κ2) is 10.4. The molecule has 1 unspecified atom stereocenters. The van der Waals surface area contributed by atoms with Crippen molar-refractivity contribution in [2.45, 2.75) is 52.2 Å². The summed E-state index contributed by atoms with van der Waals surface area (Å²) in [7, 11) is 1.75. The van der Waals surface area contributed by atoms with Gasteiger partial charge in [-0.15, -0.1) is 0 Å². The van der Waals surface area contributed by atoms with Gasteiger partial charge in [0.2, 0.25) is 0 Å². The van der Waals surface area contributed by atoms with E-state index in [2.05, 4.69) is 26.1 Å². The van der Waals surface area contributed by atoms with Gasteiger partial charge in [-0.05, 0) is 39.7 Å². The summed E-state index contributed by atoms with van der Waals surface area (Å²) >= 11 is 0. The summed E-state index contributed by atoms with van der Waals surface area (Å²) in [4.78, 5) is 0. The lowest BCUT2D eigenvalue weighted by atomic mass is 10.1. The third-order valence-electron chi connectivity index (χ3n) is 2.21. The van der Waals surface area contributed by atoms with Crippen LogP contribution < -0.4 is 5.32 Å². The van der Waals surface area contributed by atoms with Crippen LogP contribution in [0.2, 0.25) is 0 Å². The van der Waals surface area contributed by atoms with Gasteiger partial charge in [-0.3, -0.25) is 0 Å². The van der Waals surface area contributed by atoms with Crippen molar-refractivity contribution in [3.63, 3.8) is 0 Å². The third-order valence-corrected chi connectivity index (χ3v) is 2.21. The fourth-order valence-corrected chi connectivity index (χ4v) is 1.38. The molecule has 92 valence electrons. The molecule has 3 heteroatoms. The van der Waals surface area contributed by atoms with Crippen LogP contribution in [0.25, 0.3) is 0 Å². The highest BCUT2D eigenvalue weighted by molar-refractivity contribution is 4.66. The molecule has 0 heterocycles. The first-order valence-electron chi connectivity index (χ1n) is 6.04. The van der Waals surface area contributed by atoms with Crippen molar-refractivity contribution in [2.75, 3.05) is 26.9 Å². The Bertz CT molecular complexity index is 129. The highest BCUT2D eigenvalue weighted by atomic mass is 16.5. The summed E-state index contributed by atoms with van der Waals surface area (Å²) in [5.74, 6) is 0. The maximum absolute atomic E-state index is 5.63. The third kappa shape index (κ3) is 10.2. The lowest BCUT2D eigenvalue weighted by molar-refractivity contribution is 0.0573. The van der Waals surface area contributed by atoms with Crippen LogP contribution in [0.3, 0.4) is 0 Å². The first-order chi connectivity index (χ1) is 7.20. The van der Waals surface area contributed by atoms with Gasteiger partial charge in [-0.25, -0.2) is 0 Å². The Hall–Kier alpha value is -0.120. The normalized spacial score (nSPS) is 13.4. The average Bonchev–Trinajstić information content (AvgIpc) is 2.21. The van der Waals surface area contributed by atoms with Crippen molar-refractivity contribution in [3.05, 3.63) is 0 Å². The summed E-state index contributed by atoms with van der Waals surface area (Å²) in [5.41, 5.74) is 0. The molecule has 0 radical (unpaired) electrons. The number of methoxy groups -OCH3 is 1.